The van der Waals surface area contributed by atoms with E-state index in [4.69, 9.17) is 5.11 Å². The highest BCUT2D eigenvalue weighted by Gasteiger charge is 2.30. The first-order chi connectivity index (χ1) is 17.8. The van der Waals surface area contributed by atoms with Crippen molar-refractivity contribution in [1.82, 2.24) is 15.3 Å². The summed E-state index contributed by atoms with van der Waals surface area (Å²) >= 11 is 0. The van der Waals surface area contributed by atoms with Crippen LogP contribution in [0.5, 0.6) is 0 Å². The molecule has 0 radical (unpaired) electrons. The number of nitrogens with one attached hydrogen (secondary N) is 2. The fraction of sp³-hybridized carbons (Fsp3) is 0.357. The van der Waals surface area contributed by atoms with E-state index >= 15 is 0 Å². The molecule has 1 heterocycles. The maximum absolute atomic E-state index is 13.0. The van der Waals surface area contributed by atoms with E-state index in [1.54, 1.807) is 0 Å². The number of aliphatic carboxylic acids is 1. The zero-order chi connectivity index (χ0) is 28.0. The fourth-order valence-electron chi connectivity index (χ4n) is 4.29. The summed E-state index contributed by atoms with van der Waals surface area (Å²) in [5.41, 5.74) is 4.00. The number of carbonyl (C=O) groups excluding carboxylic acids is 1. The Labute approximate surface area is 219 Å². The van der Waals surface area contributed by atoms with Gasteiger partial charge < -0.3 is 15.7 Å². The number of amides is 1. The number of benzene rings is 2. The summed E-state index contributed by atoms with van der Waals surface area (Å²) < 4.78 is 39.0. The van der Waals surface area contributed by atoms with Crippen molar-refractivity contribution >= 4 is 17.8 Å². The minimum Gasteiger partial charge on any atom is -0.481 e. The predicted molar refractivity (Wildman–Crippen MR) is 139 cm³/mol. The summed E-state index contributed by atoms with van der Waals surface area (Å²) in [6.45, 7) is 8.06. The topological polar surface area (TPSA) is 104 Å². The van der Waals surface area contributed by atoms with Gasteiger partial charge in [0.2, 0.25) is 5.95 Å². The molecule has 1 atom stereocenters. The zero-order valence-corrected chi connectivity index (χ0v) is 21.7. The van der Waals surface area contributed by atoms with Crippen LogP contribution in [-0.4, -0.2) is 33.5 Å². The molecule has 0 fully saturated rings. The molecule has 1 unspecified atom stereocenters. The molecule has 3 N–H and O–H groups in total. The quantitative estimate of drug-likeness (QED) is 0.290. The van der Waals surface area contributed by atoms with Crippen LogP contribution >= 0.6 is 0 Å². The summed E-state index contributed by atoms with van der Waals surface area (Å²) in [5, 5.41) is 14.5. The molecule has 2 aromatic carbocycles. The molecule has 0 bridgehead atoms. The van der Waals surface area contributed by atoms with Gasteiger partial charge in [-0.25, -0.2) is 9.97 Å². The minimum atomic E-state index is -4.38. The molecule has 0 aliphatic carbocycles. The molecule has 202 valence electrons. The van der Waals surface area contributed by atoms with Gasteiger partial charge in [0, 0.05) is 18.9 Å². The number of carboxylic acids is 1. The first kappa shape index (κ1) is 28.6. The van der Waals surface area contributed by atoms with Crippen molar-refractivity contribution in [3.05, 3.63) is 76.6 Å². The van der Waals surface area contributed by atoms with E-state index in [1.807, 2.05) is 26.0 Å². The molecular weight excluding hydrogens is 497 g/mol. The summed E-state index contributed by atoms with van der Waals surface area (Å²) in [6.07, 6.45) is -1.05. The number of hydrogen-bond acceptors (Lipinski definition) is 5. The largest absolute Gasteiger partial charge is 0.481 e. The maximum atomic E-state index is 13.0. The van der Waals surface area contributed by atoms with Crippen molar-refractivity contribution in [3.8, 4) is 11.1 Å². The first-order valence-corrected chi connectivity index (χ1v) is 12.2. The number of hydrogen-bond donors (Lipinski definition) is 3. The molecule has 0 spiro atoms. The molecule has 0 saturated carbocycles. The van der Waals surface area contributed by atoms with Crippen LogP contribution in [0, 0.1) is 19.8 Å². The Morgan fingerprint density at radius 1 is 1.00 bits per heavy atom. The molecule has 3 rings (SSSR count). The van der Waals surface area contributed by atoms with Gasteiger partial charge in [0.15, 0.2) is 0 Å². The van der Waals surface area contributed by atoms with E-state index in [2.05, 4.69) is 34.4 Å². The van der Waals surface area contributed by atoms with Crippen LogP contribution in [0.15, 0.2) is 48.8 Å². The SMILES string of the molecule is Cc1cc(C(CC(C)C)Nc2ncc(C(=O)NCCC(=O)O)cn2)cc(C)c1-c1ccc(C(F)(F)F)cc1. The number of anilines is 1. The van der Waals surface area contributed by atoms with Gasteiger partial charge in [-0.05, 0) is 66.1 Å². The standard InChI is InChI=1S/C28H31F3N4O3/c1-16(2)11-23(35-27-33-14-21(15-34-27)26(38)32-10-9-24(36)37)20-12-17(3)25(18(4)13-20)19-5-7-22(8-6-19)28(29,30)31/h5-8,12-16,23H,9-11H2,1-4H3,(H,32,38)(H,36,37)(H,33,34,35). The average molecular weight is 529 g/mol. The number of halogens is 3. The third-order valence-electron chi connectivity index (χ3n) is 6.01. The predicted octanol–water partition coefficient (Wildman–Crippen LogP) is 6.18. The van der Waals surface area contributed by atoms with E-state index < -0.39 is 23.6 Å². The molecule has 0 aliphatic rings. The van der Waals surface area contributed by atoms with Crippen molar-refractivity contribution < 1.29 is 27.9 Å². The van der Waals surface area contributed by atoms with Gasteiger partial charge in [-0.3, -0.25) is 9.59 Å². The molecule has 38 heavy (non-hydrogen) atoms. The molecule has 3 aromatic rings. The molecule has 0 aliphatic heterocycles. The normalized spacial score (nSPS) is 12.3. The lowest BCUT2D eigenvalue weighted by Crippen LogP contribution is -2.26. The van der Waals surface area contributed by atoms with Crippen molar-refractivity contribution in [2.75, 3.05) is 11.9 Å². The van der Waals surface area contributed by atoms with Crippen LogP contribution in [-0.2, 0) is 11.0 Å². The van der Waals surface area contributed by atoms with Crippen molar-refractivity contribution in [2.45, 2.75) is 52.8 Å². The van der Waals surface area contributed by atoms with E-state index in [-0.39, 0.29) is 24.6 Å². The summed E-state index contributed by atoms with van der Waals surface area (Å²) in [7, 11) is 0. The second kappa shape index (κ2) is 12.1. The number of aryl methyl sites for hydroxylation is 2. The molecule has 7 nitrogen and oxygen atoms in total. The van der Waals surface area contributed by atoms with E-state index in [0.717, 1.165) is 40.8 Å². The monoisotopic (exact) mass is 528 g/mol. The third-order valence-corrected chi connectivity index (χ3v) is 6.01. The van der Waals surface area contributed by atoms with Gasteiger partial charge in [-0.2, -0.15) is 13.2 Å². The van der Waals surface area contributed by atoms with Crippen molar-refractivity contribution in [3.63, 3.8) is 0 Å². The van der Waals surface area contributed by atoms with Gasteiger partial charge in [0.25, 0.3) is 5.91 Å². The summed E-state index contributed by atoms with van der Waals surface area (Å²) in [5.74, 6) is -0.793. The van der Waals surface area contributed by atoms with E-state index in [9.17, 15) is 22.8 Å². The van der Waals surface area contributed by atoms with Gasteiger partial charge in [0.1, 0.15) is 0 Å². The van der Waals surface area contributed by atoms with Gasteiger partial charge in [-0.15, -0.1) is 0 Å². The molecule has 10 heteroatoms. The molecular formula is C28H31F3N4O3. The van der Waals surface area contributed by atoms with Gasteiger partial charge in [-0.1, -0.05) is 38.1 Å². The van der Waals surface area contributed by atoms with Crippen molar-refractivity contribution in [2.24, 2.45) is 5.92 Å². The highest BCUT2D eigenvalue weighted by atomic mass is 19.4. The number of rotatable bonds is 10. The van der Waals surface area contributed by atoms with E-state index in [0.29, 0.717) is 17.4 Å². The smallest absolute Gasteiger partial charge is 0.416 e. The Balaban J connectivity index is 1.81. The molecule has 1 aromatic heterocycles. The number of nitrogens with zero attached hydrogens (tertiary/aromatic N) is 2. The number of carboxylic acid groups (broad SMARTS) is 1. The van der Waals surface area contributed by atoms with Gasteiger partial charge in [0.05, 0.1) is 23.6 Å². The van der Waals surface area contributed by atoms with Gasteiger partial charge >= 0.3 is 12.1 Å². The maximum Gasteiger partial charge on any atom is 0.416 e. The van der Waals surface area contributed by atoms with Crippen LogP contribution < -0.4 is 10.6 Å². The third kappa shape index (κ3) is 7.53. The van der Waals surface area contributed by atoms with Crippen LogP contribution in [0.3, 0.4) is 0 Å². The fourth-order valence-corrected chi connectivity index (χ4v) is 4.29. The molecule has 1 amide bonds. The molecule has 0 saturated heterocycles. The average Bonchev–Trinajstić information content (AvgIpc) is 2.83. The minimum absolute atomic E-state index is 0.00576. The first-order valence-electron chi connectivity index (χ1n) is 12.2. The number of carbonyl (C=O) groups is 2. The van der Waals surface area contributed by atoms with E-state index in [1.165, 1.54) is 24.5 Å². The summed E-state index contributed by atoms with van der Waals surface area (Å²) in [6, 6.07) is 9.07. The second-order valence-electron chi connectivity index (χ2n) is 9.63. The lowest BCUT2D eigenvalue weighted by atomic mass is 9.89. The zero-order valence-electron chi connectivity index (χ0n) is 21.7. The number of aromatic nitrogens is 2. The lowest BCUT2D eigenvalue weighted by molar-refractivity contribution is -0.138. The van der Waals surface area contributed by atoms with Crippen LogP contribution in [0.4, 0.5) is 19.1 Å². The second-order valence-corrected chi connectivity index (χ2v) is 9.63. The Morgan fingerprint density at radius 2 is 1.58 bits per heavy atom. The highest BCUT2D eigenvalue weighted by Crippen LogP contribution is 2.35. The van der Waals surface area contributed by atoms with Crippen LogP contribution in [0.25, 0.3) is 11.1 Å². The highest BCUT2D eigenvalue weighted by molar-refractivity contribution is 5.93. The Hall–Kier alpha value is -3.95. The lowest BCUT2D eigenvalue weighted by Gasteiger charge is -2.23. The number of alkyl halides is 3. The van der Waals surface area contributed by atoms with Crippen LogP contribution in [0.2, 0.25) is 0 Å². The Morgan fingerprint density at radius 3 is 2.08 bits per heavy atom. The van der Waals surface area contributed by atoms with Crippen LogP contribution in [0.1, 0.15) is 65.3 Å². The Kier molecular flexibility index (Phi) is 9.08. The summed E-state index contributed by atoms with van der Waals surface area (Å²) in [4.78, 5) is 31.3. The Bertz CT molecular complexity index is 1250. The van der Waals surface area contributed by atoms with Crippen molar-refractivity contribution in [1.29, 1.82) is 0 Å².